The molecule has 0 amide bonds. The van der Waals surface area contributed by atoms with Gasteiger partial charge in [0.2, 0.25) is 0 Å². The van der Waals surface area contributed by atoms with Crippen LogP contribution >= 0.6 is 0 Å². The maximum atomic E-state index is 8.72. The van der Waals surface area contributed by atoms with Crippen LogP contribution in [0.3, 0.4) is 0 Å². The van der Waals surface area contributed by atoms with Crippen molar-refractivity contribution in [3.05, 3.63) is 24.3 Å². The Morgan fingerprint density at radius 1 is 0.480 bits per heavy atom. The standard InChI is InChI=1S/C24H46O/c1-2-3-4-5-6-7-8-9-10-11-12-13-14-15-16-17-18-19-20-21-22-23-24-25/h6-7,9-10,25H,2-5,8,11-24H2,1H3. The zero-order valence-electron chi connectivity index (χ0n) is 17.2. The Kier molecular flexibility index (Phi) is 22.9. The lowest BCUT2D eigenvalue weighted by Gasteiger charge is -2.02. The van der Waals surface area contributed by atoms with Gasteiger partial charge in [0.1, 0.15) is 0 Å². The zero-order chi connectivity index (χ0) is 18.3. The summed E-state index contributed by atoms with van der Waals surface area (Å²) in [5.41, 5.74) is 0. The van der Waals surface area contributed by atoms with E-state index in [0.717, 1.165) is 12.8 Å². The Hall–Kier alpha value is -0.560. The van der Waals surface area contributed by atoms with Gasteiger partial charge < -0.3 is 5.11 Å². The molecule has 0 atom stereocenters. The van der Waals surface area contributed by atoms with Gasteiger partial charge in [-0.15, -0.1) is 0 Å². The second-order valence-corrected chi connectivity index (χ2v) is 7.43. The minimum atomic E-state index is 0.367. The summed E-state index contributed by atoms with van der Waals surface area (Å²) in [6, 6.07) is 0. The van der Waals surface area contributed by atoms with Crippen molar-refractivity contribution < 1.29 is 5.11 Å². The number of aliphatic hydroxyl groups is 1. The van der Waals surface area contributed by atoms with Crippen LogP contribution < -0.4 is 0 Å². The van der Waals surface area contributed by atoms with Gasteiger partial charge in [0.05, 0.1) is 0 Å². The molecule has 0 aromatic carbocycles. The van der Waals surface area contributed by atoms with E-state index in [0.29, 0.717) is 6.61 Å². The van der Waals surface area contributed by atoms with E-state index in [4.69, 9.17) is 5.11 Å². The third-order valence-corrected chi connectivity index (χ3v) is 4.86. The topological polar surface area (TPSA) is 20.2 Å². The van der Waals surface area contributed by atoms with Crippen molar-refractivity contribution in [2.24, 2.45) is 0 Å². The second-order valence-electron chi connectivity index (χ2n) is 7.43. The molecule has 0 spiro atoms. The van der Waals surface area contributed by atoms with E-state index in [-0.39, 0.29) is 0 Å². The van der Waals surface area contributed by atoms with Gasteiger partial charge in [-0.3, -0.25) is 0 Å². The van der Waals surface area contributed by atoms with Crippen LogP contribution in [-0.2, 0) is 0 Å². The summed E-state index contributed by atoms with van der Waals surface area (Å²) in [6.07, 6.45) is 33.2. The number of unbranched alkanes of at least 4 members (excludes halogenated alkanes) is 15. The van der Waals surface area contributed by atoms with Crippen molar-refractivity contribution in [2.45, 2.75) is 122 Å². The summed E-state index contributed by atoms with van der Waals surface area (Å²) in [5, 5.41) is 8.72. The van der Waals surface area contributed by atoms with Crippen molar-refractivity contribution in [3.8, 4) is 0 Å². The highest BCUT2D eigenvalue weighted by Crippen LogP contribution is 2.12. The number of allylic oxidation sites excluding steroid dienone is 4. The van der Waals surface area contributed by atoms with Crippen molar-refractivity contribution in [1.82, 2.24) is 0 Å². The molecule has 148 valence electrons. The van der Waals surface area contributed by atoms with Crippen molar-refractivity contribution >= 4 is 0 Å². The van der Waals surface area contributed by atoms with E-state index < -0.39 is 0 Å². The maximum Gasteiger partial charge on any atom is 0.0431 e. The van der Waals surface area contributed by atoms with E-state index >= 15 is 0 Å². The molecular formula is C24H46O. The van der Waals surface area contributed by atoms with Crippen molar-refractivity contribution in [2.75, 3.05) is 6.61 Å². The smallest absolute Gasteiger partial charge is 0.0431 e. The predicted octanol–water partition coefficient (Wildman–Crippen LogP) is 8.13. The number of aliphatic hydroxyl groups excluding tert-OH is 1. The van der Waals surface area contributed by atoms with E-state index in [1.165, 1.54) is 103 Å². The molecule has 0 rings (SSSR count). The first-order valence-corrected chi connectivity index (χ1v) is 11.3. The monoisotopic (exact) mass is 350 g/mol. The summed E-state index contributed by atoms with van der Waals surface area (Å²) < 4.78 is 0. The van der Waals surface area contributed by atoms with E-state index in [1.807, 2.05) is 0 Å². The van der Waals surface area contributed by atoms with Crippen LogP contribution in [0, 0.1) is 0 Å². The van der Waals surface area contributed by atoms with E-state index in [9.17, 15) is 0 Å². The summed E-state index contributed by atoms with van der Waals surface area (Å²) in [4.78, 5) is 0. The molecule has 1 N–H and O–H groups in total. The second kappa shape index (κ2) is 23.4. The maximum absolute atomic E-state index is 8.72. The Labute approximate surface area is 159 Å². The van der Waals surface area contributed by atoms with Crippen LogP contribution in [0.5, 0.6) is 0 Å². The average molecular weight is 351 g/mol. The number of hydrogen-bond donors (Lipinski definition) is 1. The minimum Gasteiger partial charge on any atom is -0.396 e. The van der Waals surface area contributed by atoms with Crippen molar-refractivity contribution in [3.63, 3.8) is 0 Å². The molecule has 1 heteroatoms. The lowest BCUT2D eigenvalue weighted by molar-refractivity contribution is 0.282. The molecule has 0 aliphatic heterocycles. The highest BCUT2D eigenvalue weighted by atomic mass is 16.2. The lowest BCUT2D eigenvalue weighted by Crippen LogP contribution is -1.84. The summed E-state index contributed by atoms with van der Waals surface area (Å²) in [7, 11) is 0. The predicted molar refractivity (Wildman–Crippen MR) is 114 cm³/mol. The molecule has 0 heterocycles. The van der Waals surface area contributed by atoms with Crippen LogP contribution in [0.25, 0.3) is 0 Å². The molecule has 0 aliphatic rings. The number of rotatable bonds is 20. The molecule has 0 saturated heterocycles. The molecule has 0 aromatic heterocycles. The van der Waals surface area contributed by atoms with Gasteiger partial charge in [0, 0.05) is 6.61 Å². The first kappa shape index (κ1) is 24.4. The third kappa shape index (κ3) is 23.4. The van der Waals surface area contributed by atoms with Crippen LogP contribution in [0.2, 0.25) is 0 Å². The van der Waals surface area contributed by atoms with Crippen molar-refractivity contribution in [1.29, 1.82) is 0 Å². The Morgan fingerprint density at radius 3 is 1.32 bits per heavy atom. The summed E-state index contributed by atoms with van der Waals surface area (Å²) in [5.74, 6) is 0. The molecule has 0 radical (unpaired) electrons. The first-order chi connectivity index (χ1) is 12.4. The Morgan fingerprint density at radius 2 is 0.880 bits per heavy atom. The van der Waals surface area contributed by atoms with E-state index in [1.54, 1.807) is 0 Å². The molecule has 0 saturated carbocycles. The molecule has 0 unspecified atom stereocenters. The van der Waals surface area contributed by atoms with Gasteiger partial charge in [-0.1, -0.05) is 108 Å². The average Bonchev–Trinajstić information content (AvgIpc) is 2.63. The van der Waals surface area contributed by atoms with Crippen LogP contribution in [0.1, 0.15) is 122 Å². The molecular weight excluding hydrogens is 304 g/mol. The fraction of sp³-hybridized carbons (Fsp3) is 0.833. The zero-order valence-corrected chi connectivity index (χ0v) is 17.2. The first-order valence-electron chi connectivity index (χ1n) is 11.3. The number of hydrogen-bond acceptors (Lipinski definition) is 1. The van der Waals surface area contributed by atoms with Gasteiger partial charge >= 0.3 is 0 Å². The molecule has 1 nitrogen and oxygen atoms in total. The van der Waals surface area contributed by atoms with Gasteiger partial charge in [-0.25, -0.2) is 0 Å². The summed E-state index contributed by atoms with van der Waals surface area (Å²) in [6.45, 7) is 2.63. The van der Waals surface area contributed by atoms with Gasteiger partial charge in [0.15, 0.2) is 0 Å². The molecule has 25 heavy (non-hydrogen) atoms. The normalized spacial score (nSPS) is 11.9. The fourth-order valence-electron chi connectivity index (χ4n) is 3.16. The van der Waals surface area contributed by atoms with Crippen LogP contribution in [0.15, 0.2) is 24.3 Å². The quantitative estimate of drug-likeness (QED) is 0.173. The fourth-order valence-corrected chi connectivity index (χ4v) is 3.16. The highest BCUT2D eigenvalue weighted by Gasteiger charge is 1.93. The largest absolute Gasteiger partial charge is 0.396 e. The SMILES string of the molecule is CCCCCC=CCC=CCCCCCCCCCCCCCCO. The van der Waals surface area contributed by atoms with Crippen LogP contribution in [-0.4, -0.2) is 11.7 Å². The van der Waals surface area contributed by atoms with Gasteiger partial charge in [0.25, 0.3) is 0 Å². The Balaban J connectivity index is 3.10. The highest BCUT2D eigenvalue weighted by molar-refractivity contribution is 4.92. The van der Waals surface area contributed by atoms with E-state index in [2.05, 4.69) is 31.2 Å². The van der Waals surface area contributed by atoms with Gasteiger partial charge in [-0.2, -0.15) is 0 Å². The molecule has 0 aromatic rings. The van der Waals surface area contributed by atoms with Crippen LogP contribution in [0.4, 0.5) is 0 Å². The van der Waals surface area contributed by atoms with Gasteiger partial charge in [-0.05, 0) is 38.5 Å². The molecule has 0 aliphatic carbocycles. The minimum absolute atomic E-state index is 0.367. The third-order valence-electron chi connectivity index (χ3n) is 4.86. The lowest BCUT2D eigenvalue weighted by atomic mass is 10.0. The molecule has 0 fully saturated rings. The molecule has 0 bridgehead atoms. The summed E-state index contributed by atoms with van der Waals surface area (Å²) >= 11 is 0. The Bertz CT molecular complexity index is 280.